The maximum absolute atomic E-state index is 12.4. The molecule has 4 rings (SSSR count). The lowest BCUT2D eigenvalue weighted by Crippen LogP contribution is -2.54. The fraction of sp³-hybridized carbons (Fsp3) is 0.889. The van der Waals surface area contributed by atoms with Gasteiger partial charge in [-0.3, -0.25) is 9.59 Å². The van der Waals surface area contributed by atoms with Crippen molar-refractivity contribution in [3.63, 3.8) is 0 Å². The summed E-state index contributed by atoms with van der Waals surface area (Å²) in [5.74, 6) is 1.61. The van der Waals surface area contributed by atoms with Crippen molar-refractivity contribution in [1.29, 1.82) is 0 Å². The maximum atomic E-state index is 12.4. The Morgan fingerprint density at radius 1 is 1.22 bits per heavy atom. The normalized spacial score (nSPS) is 37.7. The maximum Gasteiger partial charge on any atom is 0.305 e. The number of halogens is 1. The van der Waals surface area contributed by atoms with Crippen LogP contribution in [0.1, 0.15) is 64.7 Å². The first-order valence-corrected chi connectivity index (χ1v) is 9.83. The largest absolute Gasteiger partial charge is 0.466 e. The lowest BCUT2D eigenvalue weighted by Gasteiger charge is -2.60. The van der Waals surface area contributed by atoms with Crippen LogP contribution in [0.5, 0.6) is 0 Å². The fourth-order valence-electron chi connectivity index (χ4n) is 5.64. The van der Waals surface area contributed by atoms with Crippen molar-refractivity contribution in [2.24, 2.45) is 17.3 Å². The van der Waals surface area contributed by atoms with Crippen LogP contribution in [0, 0.1) is 17.3 Å². The van der Waals surface area contributed by atoms with Crippen LogP contribution in [0.25, 0.3) is 0 Å². The number of rotatable bonds is 7. The first-order chi connectivity index (χ1) is 10.9. The summed E-state index contributed by atoms with van der Waals surface area (Å²) in [6.45, 7) is 2.80. The van der Waals surface area contributed by atoms with E-state index in [1.807, 2.05) is 6.92 Å². The summed E-state index contributed by atoms with van der Waals surface area (Å²) >= 11 is 3.99. The fourth-order valence-corrected chi connectivity index (χ4v) is 7.15. The highest BCUT2D eigenvalue weighted by Crippen LogP contribution is 2.65. The number of carbonyl (C=O) groups is 2. The minimum absolute atomic E-state index is 0.159. The molecule has 0 aliphatic heterocycles. The van der Waals surface area contributed by atoms with E-state index < -0.39 is 0 Å². The van der Waals surface area contributed by atoms with Gasteiger partial charge in [-0.2, -0.15) is 0 Å². The van der Waals surface area contributed by atoms with Crippen molar-refractivity contribution in [2.75, 3.05) is 13.2 Å². The van der Waals surface area contributed by atoms with E-state index >= 15 is 0 Å². The molecule has 2 unspecified atom stereocenters. The van der Waals surface area contributed by atoms with Crippen molar-refractivity contribution in [3.8, 4) is 0 Å². The molecule has 0 saturated heterocycles. The molecule has 0 aromatic rings. The average molecular weight is 386 g/mol. The second-order valence-electron chi connectivity index (χ2n) is 8.05. The highest BCUT2D eigenvalue weighted by atomic mass is 79.9. The van der Waals surface area contributed by atoms with Gasteiger partial charge in [0.25, 0.3) is 0 Å². The van der Waals surface area contributed by atoms with Gasteiger partial charge in [-0.05, 0) is 69.1 Å². The first-order valence-electron chi connectivity index (χ1n) is 9.03. The number of alkyl halides is 1. The molecule has 23 heavy (non-hydrogen) atoms. The van der Waals surface area contributed by atoms with Gasteiger partial charge in [0.15, 0.2) is 0 Å². The zero-order valence-electron chi connectivity index (χ0n) is 14.0. The molecule has 0 aromatic heterocycles. The molecule has 4 fully saturated rings. The number of hydrogen-bond donors (Lipinski definition) is 1. The van der Waals surface area contributed by atoms with Crippen LogP contribution in [0.2, 0.25) is 0 Å². The summed E-state index contributed by atoms with van der Waals surface area (Å²) in [5, 5.41) is 3.01. The van der Waals surface area contributed by atoms with Crippen LogP contribution in [0.4, 0.5) is 0 Å². The van der Waals surface area contributed by atoms with E-state index in [2.05, 4.69) is 21.2 Å². The van der Waals surface area contributed by atoms with Gasteiger partial charge in [0.2, 0.25) is 5.91 Å². The molecule has 0 heterocycles. The molecule has 0 aromatic carbocycles. The van der Waals surface area contributed by atoms with E-state index in [0.29, 0.717) is 36.7 Å². The second-order valence-corrected chi connectivity index (χ2v) is 9.73. The van der Waals surface area contributed by atoms with Crippen LogP contribution in [-0.2, 0) is 14.3 Å². The second kappa shape index (κ2) is 6.73. The Balaban J connectivity index is 1.44. The Morgan fingerprint density at radius 3 is 2.52 bits per heavy atom. The number of carbonyl (C=O) groups excluding carboxylic acids is 2. The number of nitrogens with one attached hydrogen (secondary N) is 1. The molecular weight excluding hydrogens is 358 g/mol. The van der Waals surface area contributed by atoms with Crippen molar-refractivity contribution in [3.05, 3.63) is 0 Å². The van der Waals surface area contributed by atoms with Crippen LogP contribution >= 0.6 is 15.9 Å². The molecule has 5 heteroatoms. The quantitative estimate of drug-likeness (QED) is 0.414. The summed E-state index contributed by atoms with van der Waals surface area (Å²) < 4.78 is 5.20. The van der Waals surface area contributed by atoms with Gasteiger partial charge in [0.05, 0.1) is 6.61 Å². The molecule has 1 N–H and O–H groups in total. The molecular formula is C18H28BrNO3. The number of hydrogen-bond acceptors (Lipinski definition) is 3. The van der Waals surface area contributed by atoms with Gasteiger partial charge in [-0.1, -0.05) is 15.9 Å². The number of amides is 1. The summed E-state index contributed by atoms with van der Waals surface area (Å²) in [6, 6.07) is 0. The van der Waals surface area contributed by atoms with E-state index in [1.54, 1.807) is 0 Å². The monoisotopic (exact) mass is 385 g/mol. The lowest BCUT2D eigenvalue weighted by molar-refractivity contribution is -0.143. The Hall–Kier alpha value is -0.580. The van der Waals surface area contributed by atoms with Gasteiger partial charge in [0.1, 0.15) is 0 Å². The summed E-state index contributed by atoms with van der Waals surface area (Å²) in [7, 11) is 0. The predicted molar refractivity (Wildman–Crippen MR) is 92.3 cm³/mol. The predicted octanol–water partition coefficient (Wildman–Crippen LogP) is 3.57. The van der Waals surface area contributed by atoms with E-state index in [1.165, 1.54) is 32.1 Å². The van der Waals surface area contributed by atoms with Gasteiger partial charge in [-0.15, -0.1) is 0 Å². The van der Waals surface area contributed by atoms with Gasteiger partial charge >= 0.3 is 5.97 Å². The van der Waals surface area contributed by atoms with Crippen molar-refractivity contribution in [2.45, 2.75) is 69.0 Å². The Labute approximate surface area is 147 Å². The highest BCUT2D eigenvalue weighted by molar-refractivity contribution is 9.10. The molecule has 2 atom stereocenters. The van der Waals surface area contributed by atoms with Gasteiger partial charge in [-0.25, -0.2) is 0 Å². The van der Waals surface area contributed by atoms with Crippen LogP contribution < -0.4 is 5.32 Å². The Kier molecular flexibility index (Phi) is 5.05. The summed E-state index contributed by atoms with van der Waals surface area (Å²) in [4.78, 5) is 23.6. The molecule has 0 radical (unpaired) electrons. The Morgan fingerprint density at radius 2 is 1.91 bits per heavy atom. The van der Waals surface area contributed by atoms with Gasteiger partial charge in [0, 0.05) is 23.7 Å². The smallest absolute Gasteiger partial charge is 0.305 e. The van der Waals surface area contributed by atoms with Crippen molar-refractivity contribution < 1.29 is 14.3 Å². The van der Waals surface area contributed by atoms with Crippen molar-refractivity contribution >= 4 is 27.8 Å². The molecule has 130 valence electrons. The summed E-state index contributed by atoms with van der Waals surface area (Å²) in [5.41, 5.74) is 0.221. The number of ether oxygens (including phenoxy) is 1. The van der Waals surface area contributed by atoms with E-state index in [4.69, 9.17) is 4.74 Å². The zero-order valence-corrected chi connectivity index (χ0v) is 15.6. The lowest BCUT2D eigenvalue weighted by atomic mass is 9.48. The molecule has 4 aliphatic rings. The van der Waals surface area contributed by atoms with E-state index in [-0.39, 0.29) is 17.3 Å². The third-order valence-electron chi connectivity index (χ3n) is 5.83. The van der Waals surface area contributed by atoms with Crippen LogP contribution in [0.3, 0.4) is 0 Å². The molecule has 4 nitrogen and oxygen atoms in total. The summed E-state index contributed by atoms with van der Waals surface area (Å²) in [6.07, 6.45) is 9.28. The molecule has 1 amide bonds. The standard InChI is InChI=1S/C18H28BrNO3/c1-2-23-16(22)4-3-5-20-15(21)11-17-7-13-6-14(8-17)10-18(19,9-13)12-17/h13-14H,2-12H2,1H3,(H,20,21). The minimum atomic E-state index is -0.177. The van der Waals surface area contributed by atoms with E-state index in [0.717, 1.165) is 18.3 Å². The molecule has 0 spiro atoms. The third kappa shape index (κ3) is 4.09. The van der Waals surface area contributed by atoms with Gasteiger partial charge < -0.3 is 10.1 Å². The van der Waals surface area contributed by atoms with Crippen molar-refractivity contribution in [1.82, 2.24) is 5.32 Å². The Bertz CT molecular complexity index is 465. The highest BCUT2D eigenvalue weighted by Gasteiger charge is 2.57. The topological polar surface area (TPSA) is 55.4 Å². The molecule has 4 aliphatic carbocycles. The van der Waals surface area contributed by atoms with E-state index in [9.17, 15) is 9.59 Å². The SMILES string of the molecule is CCOC(=O)CCCNC(=O)CC12CC3CC(CC(Br)(C3)C1)C2. The first kappa shape index (κ1) is 17.2. The zero-order chi connectivity index (χ0) is 16.5. The van der Waals surface area contributed by atoms with Crippen LogP contribution in [0.15, 0.2) is 0 Å². The minimum Gasteiger partial charge on any atom is -0.466 e. The number of esters is 1. The van der Waals surface area contributed by atoms with Crippen LogP contribution in [-0.4, -0.2) is 29.4 Å². The molecule has 4 saturated carbocycles. The average Bonchev–Trinajstić information content (AvgIpc) is 2.40. The third-order valence-corrected chi connectivity index (χ3v) is 6.76. The molecule has 4 bridgehead atoms.